The van der Waals surface area contributed by atoms with Crippen molar-refractivity contribution in [3.8, 4) is 11.5 Å². The minimum atomic E-state index is 0.415. The van der Waals surface area contributed by atoms with Gasteiger partial charge >= 0.3 is 0 Å². The molecule has 0 heterocycles. The largest absolute Gasteiger partial charge is 0.497 e. The van der Waals surface area contributed by atoms with E-state index >= 15 is 0 Å². The fraction of sp³-hybridized carbons (Fsp3) is 0.235. The zero-order valence-corrected chi connectivity index (χ0v) is 12.0. The number of carbonyl (C=O) groups excluding carboxylic acids is 1. The van der Waals surface area contributed by atoms with Gasteiger partial charge in [-0.25, -0.2) is 0 Å². The highest BCUT2D eigenvalue weighted by molar-refractivity contribution is 5.76. The van der Waals surface area contributed by atoms with E-state index in [1.165, 1.54) is 0 Å². The standard InChI is InChI=1S/C17H18O4/c1-19-16-9-15(12-18)10-17(11-16)21-8-7-20-13-14-5-3-2-4-6-14/h2-6,9-12H,7-8,13H2,1H3. The maximum absolute atomic E-state index is 10.8. The smallest absolute Gasteiger partial charge is 0.150 e. The summed E-state index contributed by atoms with van der Waals surface area (Å²) in [6.45, 7) is 1.45. The highest BCUT2D eigenvalue weighted by Crippen LogP contribution is 2.21. The molecular formula is C17H18O4. The van der Waals surface area contributed by atoms with Gasteiger partial charge in [0.1, 0.15) is 24.4 Å². The third-order valence-electron chi connectivity index (χ3n) is 2.88. The third-order valence-corrected chi connectivity index (χ3v) is 2.88. The Balaban J connectivity index is 1.77. The average Bonchev–Trinajstić information content (AvgIpc) is 2.55. The molecule has 4 nitrogen and oxygen atoms in total. The minimum Gasteiger partial charge on any atom is -0.497 e. The van der Waals surface area contributed by atoms with E-state index in [4.69, 9.17) is 14.2 Å². The molecule has 0 atom stereocenters. The molecule has 0 unspecified atom stereocenters. The van der Waals surface area contributed by atoms with E-state index < -0.39 is 0 Å². The van der Waals surface area contributed by atoms with Crippen molar-refractivity contribution in [3.05, 3.63) is 59.7 Å². The van der Waals surface area contributed by atoms with Crippen LogP contribution in [-0.2, 0) is 11.3 Å². The molecular weight excluding hydrogens is 268 g/mol. The topological polar surface area (TPSA) is 44.8 Å². The van der Waals surface area contributed by atoms with E-state index in [0.29, 0.717) is 36.9 Å². The molecule has 0 spiro atoms. The van der Waals surface area contributed by atoms with Crippen LogP contribution in [0.15, 0.2) is 48.5 Å². The maximum Gasteiger partial charge on any atom is 0.150 e. The summed E-state index contributed by atoms with van der Waals surface area (Å²) in [5, 5.41) is 0. The van der Waals surface area contributed by atoms with Gasteiger partial charge in [0, 0.05) is 11.6 Å². The SMILES string of the molecule is COc1cc(C=O)cc(OCCOCc2ccccc2)c1. The fourth-order valence-corrected chi connectivity index (χ4v) is 1.85. The molecule has 0 saturated carbocycles. The number of hydrogen-bond donors (Lipinski definition) is 0. The van der Waals surface area contributed by atoms with Crippen molar-refractivity contribution < 1.29 is 19.0 Å². The predicted molar refractivity (Wildman–Crippen MR) is 80.0 cm³/mol. The van der Waals surface area contributed by atoms with Gasteiger partial charge in [0.05, 0.1) is 20.3 Å². The molecule has 0 aromatic heterocycles. The molecule has 0 aliphatic carbocycles. The molecule has 0 aliphatic heterocycles. The van der Waals surface area contributed by atoms with E-state index in [-0.39, 0.29) is 0 Å². The Morgan fingerprint density at radius 2 is 1.76 bits per heavy atom. The van der Waals surface area contributed by atoms with Crippen LogP contribution in [0.4, 0.5) is 0 Å². The number of ether oxygens (including phenoxy) is 3. The molecule has 0 bridgehead atoms. The van der Waals surface area contributed by atoms with Gasteiger partial charge in [0.15, 0.2) is 0 Å². The molecule has 2 rings (SSSR count). The molecule has 110 valence electrons. The van der Waals surface area contributed by atoms with Crippen molar-refractivity contribution in [2.75, 3.05) is 20.3 Å². The van der Waals surface area contributed by atoms with Crippen molar-refractivity contribution in [1.82, 2.24) is 0 Å². The first-order chi connectivity index (χ1) is 10.3. The summed E-state index contributed by atoms with van der Waals surface area (Å²) >= 11 is 0. The van der Waals surface area contributed by atoms with Crippen LogP contribution < -0.4 is 9.47 Å². The lowest BCUT2D eigenvalue weighted by Gasteiger charge is -2.09. The second-order valence-corrected chi connectivity index (χ2v) is 4.45. The molecule has 4 heteroatoms. The Labute approximate surface area is 124 Å². The van der Waals surface area contributed by atoms with Gasteiger partial charge < -0.3 is 14.2 Å². The number of rotatable bonds is 8. The Morgan fingerprint density at radius 1 is 1.00 bits per heavy atom. The molecule has 0 saturated heterocycles. The molecule has 21 heavy (non-hydrogen) atoms. The first-order valence-corrected chi connectivity index (χ1v) is 6.70. The Morgan fingerprint density at radius 3 is 2.48 bits per heavy atom. The molecule has 0 fully saturated rings. The van der Waals surface area contributed by atoms with Gasteiger partial charge in [-0.2, -0.15) is 0 Å². The van der Waals surface area contributed by atoms with Crippen molar-refractivity contribution in [3.63, 3.8) is 0 Å². The number of carbonyl (C=O) groups is 1. The predicted octanol–water partition coefficient (Wildman–Crippen LogP) is 3.10. The van der Waals surface area contributed by atoms with E-state index in [2.05, 4.69) is 0 Å². The van der Waals surface area contributed by atoms with Crippen LogP contribution >= 0.6 is 0 Å². The fourth-order valence-electron chi connectivity index (χ4n) is 1.85. The summed E-state index contributed by atoms with van der Waals surface area (Å²) in [7, 11) is 1.55. The summed E-state index contributed by atoms with van der Waals surface area (Å²) in [5.41, 5.74) is 1.65. The van der Waals surface area contributed by atoms with Crippen molar-refractivity contribution in [2.45, 2.75) is 6.61 Å². The van der Waals surface area contributed by atoms with E-state index in [9.17, 15) is 4.79 Å². The summed E-state index contributed by atoms with van der Waals surface area (Å²) in [6, 6.07) is 15.0. The number of benzene rings is 2. The number of hydrogen-bond acceptors (Lipinski definition) is 4. The minimum absolute atomic E-state index is 0.415. The number of methoxy groups -OCH3 is 1. The van der Waals surface area contributed by atoms with Gasteiger partial charge in [0.2, 0.25) is 0 Å². The van der Waals surface area contributed by atoms with Crippen molar-refractivity contribution >= 4 is 6.29 Å². The summed E-state index contributed by atoms with van der Waals surface area (Å²) in [5.74, 6) is 1.19. The zero-order valence-electron chi connectivity index (χ0n) is 12.0. The molecule has 2 aromatic rings. The lowest BCUT2D eigenvalue weighted by molar-refractivity contribution is 0.0888. The van der Waals surface area contributed by atoms with Crippen LogP contribution in [-0.4, -0.2) is 26.6 Å². The monoisotopic (exact) mass is 286 g/mol. The van der Waals surface area contributed by atoms with Gasteiger partial charge in [-0.3, -0.25) is 4.79 Å². The van der Waals surface area contributed by atoms with E-state index in [1.54, 1.807) is 25.3 Å². The lowest BCUT2D eigenvalue weighted by atomic mass is 10.2. The first kappa shape index (κ1) is 15.1. The van der Waals surface area contributed by atoms with Crippen LogP contribution in [0.5, 0.6) is 11.5 Å². The molecule has 2 aromatic carbocycles. The van der Waals surface area contributed by atoms with Gasteiger partial charge in [-0.15, -0.1) is 0 Å². The second kappa shape index (κ2) is 8.07. The van der Waals surface area contributed by atoms with Crippen LogP contribution in [0.25, 0.3) is 0 Å². The molecule has 0 radical (unpaired) electrons. The van der Waals surface area contributed by atoms with E-state index in [0.717, 1.165) is 11.8 Å². The molecule has 0 amide bonds. The Bertz CT molecular complexity index is 566. The quantitative estimate of drug-likeness (QED) is 0.552. The van der Waals surface area contributed by atoms with Crippen LogP contribution in [0.1, 0.15) is 15.9 Å². The van der Waals surface area contributed by atoms with Crippen molar-refractivity contribution in [1.29, 1.82) is 0 Å². The van der Waals surface area contributed by atoms with Crippen molar-refractivity contribution in [2.24, 2.45) is 0 Å². The van der Waals surface area contributed by atoms with Gasteiger partial charge in [-0.1, -0.05) is 30.3 Å². The van der Waals surface area contributed by atoms with Gasteiger partial charge in [0.25, 0.3) is 0 Å². The maximum atomic E-state index is 10.8. The highest BCUT2D eigenvalue weighted by atomic mass is 16.5. The third kappa shape index (κ3) is 4.93. The first-order valence-electron chi connectivity index (χ1n) is 6.70. The number of aldehydes is 1. The summed E-state index contributed by atoms with van der Waals surface area (Å²) in [6.07, 6.45) is 0.765. The van der Waals surface area contributed by atoms with Gasteiger partial charge in [-0.05, 0) is 17.7 Å². The Kier molecular flexibility index (Phi) is 5.79. The second-order valence-electron chi connectivity index (χ2n) is 4.45. The molecule has 0 aliphatic rings. The van der Waals surface area contributed by atoms with Crippen LogP contribution in [0, 0.1) is 0 Å². The van der Waals surface area contributed by atoms with E-state index in [1.807, 2.05) is 30.3 Å². The highest BCUT2D eigenvalue weighted by Gasteiger charge is 2.02. The van der Waals surface area contributed by atoms with Crippen LogP contribution in [0.3, 0.4) is 0 Å². The lowest BCUT2D eigenvalue weighted by Crippen LogP contribution is -2.07. The Hall–Kier alpha value is -2.33. The normalized spacial score (nSPS) is 10.1. The zero-order chi connectivity index (χ0) is 14.9. The summed E-state index contributed by atoms with van der Waals surface area (Å²) < 4.78 is 16.2. The average molecular weight is 286 g/mol. The molecule has 0 N–H and O–H groups in total. The van der Waals surface area contributed by atoms with Crippen LogP contribution in [0.2, 0.25) is 0 Å². The summed E-state index contributed by atoms with van der Waals surface area (Å²) in [4.78, 5) is 10.8.